The standard InChI is InChI=1S/C30H35F3N8O/c31-30(32,33)23-13-20(6-7-29(18-34)8-9-29)12-21(14-23)25-15-22-17-41(28(42)40-26(22)39-25)24-4-2-19(3-5-24)16-37-10-1-11-38-27(35)36/h2-5,12-15,17,37H,1,6-11,16,18,34H2,(H4,35,36,38)(H,39,40,42). The molecule has 0 unspecified atom stereocenters. The fourth-order valence-electron chi connectivity index (χ4n) is 5.05. The first kappa shape index (κ1) is 29.3. The molecule has 1 fully saturated rings. The molecule has 0 spiro atoms. The average Bonchev–Trinajstić information content (AvgIpc) is 3.63. The maximum Gasteiger partial charge on any atom is 0.416 e. The molecule has 0 atom stereocenters. The molecule has 4 aromatic rings. The lowest BCUT2D eigenvalue weighted by Crippen LogP contribution is -2.23. The highest BCUT2D eigenvalue weighted by Crippen LogP contribution is 2.48. The van der Waals surface area contributed by atoms with Crippen LogP contribution in [0.1, 0.15) is 42.4 Å². The maximum atomic E-state index is 13.8. The lowest BCUT2D eigenvalue weighted by Gasteiger charge is -2.15. The van der Waals surface area contributed by atoms with Gasteiger partial charge in [0.1, 0.15) is 5.65 Å². The summed E-state index contributed by atoms with van der Waals surface area (Å²) in [4.78, 5) is 24.0. The Labute approximate surface area is 241 Å². The highest BCUT2D eigenvalue weighted by molar-refractivity contribution is 5.83. The predicted octanol–water partition coefficient (Wildman–Crippen LogP) is 3.82. The number of benzene rings is 2. The number of fused-ring (bicyclic) bond motifs is 1. The van der Waals surface area contributed by atoms with Crippen molar-refractivity contribution in [2.75, 3.05) is 19.6 Å². The summed E-state index contributed by atoms with van der Waals surface area (Å²) >= 11 is 0. The van der Waals surface area contributed by atoms with Crippen molar-refractivity contribution in [2.45, 2.75) is 44.8 Å². The number of nitrogens with zero attached hydrogens (tertiary/aromatic N) is 3. The fourth-order valence-corrected chi connectivity index (χ4v) is 5.05. The molecule has 1 aliphatic rings. The van der Waals surface area contributed by atoms with Crippen LogP contribution in [0.25, 0.3) is 28.0 Å². The molecule has 222 valence electrons. The van der Waals surface area contributed by atoms with E-state index in [0.717, 1.165) is 43.9 Å². The summed E-state index contributed by atoms with van der Waals surface area (Å²) in [6.07, 6.45) is 1.26. The Bertz CT molecular complexity index is 1630. The minimum atomic E-state index is -4.49. The largest absolute Gasteiger partial charge is 0.416 e. The van der Waals surface area contributed by atoms with Crippen LogP contribution < -0.4 is 28.2 Å². The van der Waals surface area contributed by atoms with Crippen LogP contribution in [0, 0.1) is 5.41 Å². The minimum absolute atomic E-state index is 0.0573. The maximum absolute atomic E-state index is 13.8. The molecule has 0 saturated heterocycles. The number of alkyl halides is 3. The van der Waals surface area contributed by atoms with E-state index >= 15 is 0 Å². The van der Waals surface area contributed by atoms with E-state index < -0.39 is 17.4 Å². The second-order valence-corrected chi connectivity index (χ2v) is 11.0. The Morgan fingerprint density at radius 1 is 1.10 bits per heavy atom. The van der Waals surface area contributed by atoms with Crippen LogP contribution in [-0.2, 0) is 19.1 Å². The smallest absolute Gasteiger partial charge is 0.370 e. The summed E-state index contributed by atoms with van der Waals surface area (Å²) in [6, 6.07) is 13.3. The second kappa shape index (κ2) is 12.0. The van der Waals surface area contributed by atoms with Gasteiger partial charge in [-0.05, 0) is 104 Å². The summed E-state index contributed by atoms with van der Waals surface area (Å²) in [5, 5.41) is 3.92. The molecule has 2 heterocycles. The Balaban J connectivity index is 1.35. The number of guanidine groups is 1. The Hall–Kier alpha value is -4.16. The summed E-state index contributed by atoms with van der Waals surface area (Å²) < 4.78 is 42.8. The molecule has 0 radical (unpaired) electrons. The number of aliphatic imine (C=N–C) groups is 1. The number of nitrogens with one attached hydrogen (secondary N) is 2. The van der Waals surface area contributed by atoms with Crippen LogP contribution in [-0.4, -0.2) is 40.1 Å². The number of halogens is 3. The van der Waals surface area contributed by atoms with Gasteiger partial charge in [0, 0.05) is 30.4 Å². The Morgan fingerprint density at radius 2 is 1.86 bits per heavy atom. The van der Waals surface area contributed by atoms with Crippen LogP contribution in [0.15, 0.2) is 64.5 Å². The molecule has 42 heavy (non-hydrogen) atoms. The van der Waals surface area contributed by atoms with E-state index in [1.807, 2.05) is 24.3 Å². The molecule has 5 rings (SSSR count). The molecule has 1 aliphatic carbocycles. The number of aryl methyl sites for hydroxylation is 1. The highest BCUT2D eigenvalue weighted by atomic mass is 19.4. The van der Waals surface area contributed by atoms with E-state index in [0.29, 0.717) is 59.6 Å². The number of aromatic nitrogens is 3. The van der Waals surface area contributed by atoms with E-state index in [1.165, 1.54) is 10.6 Å². The Morgan fingerprint density at radius 3 is 2.52 bits per heavy atom. The Kier molecular flexibility index (Phi) is 8.37. The van der Waals surface area contributed by atoms with Crippen LogP contribution in [0.3, 0.4) is 0 Å². The molecular weight excluding hydrogens is 545 g/mol. The highest BCUT2D eigenvalue weighted by Gasteiger charge is 2.40. The second-order valence-electron chi connectivity index (χ2n) is 11.0. The van der Waals surface area contributed by atoms with E-state index in [4.69, 9.17) is 17.2 Å². The van der Waals surface area contributed by atoms with Crippen molar-refractivity contribution in [3.05, 3.63) is 81.9 Å². The third kappa shape index (κ3) is 7.00. The number of nitrogens with two attached hydrogens (primary N) is 3. The van der Waals surface area contributed by atoms with Crippen LogP contribution in [0.5, 0.6) is 0 Å². The first-order valence-electron chi connectivity index (χ1n) is 13.9. The van der Waals surface area contributed by atoms with Crippen molar-refractivity contribution in [3.8, 4) is 16.9 Å². The molecule has 8 N–H and O–H groups in total. The van der Waals surface area contributed by atoms with Crippen LogP contribution in [0.4, 0.5) is 13.2 Å². The molecule has 2 aromatic carbocycles. The van der Waals surface area contributed by atoms with E-state index in [9.17, 15) is 18.0 Å². The van der Waals surface area contributed by atoms with Gasteiger partial charge in [0.25, 0.3) is 0 Å². The van der Waals surface area contributed by atoms with Crippen LogP contribution in [0.2, 0.25) is 0 Å². The van der Waals surface area contributed by atoms with Crippen molar-refractivity contribution >= 4 is 17.0 Å². The molecule has 0 aliphatic heterocycles. The van der Waals surface area contributed by atoms with Gasteiger partial charge in [-0.3, -0.25) is 9.56 Å². The van der Waals surface area contributed by atoms with Gasteiger partial charge in [-0.1, -0.05) is 12.1 Å². The van der Waals surface area contributed by atoms with Crippen molar-refractivity contribution < 1.29 is 13.2 Å². The molecule has 2 aromatic heterocycles. The van der Waals surface area contributed by atoms with Gasteiger partial charge in [0.15, 0.2) is 5.96 Å². The van der Waals surface area contributed by atoms with Gasteiger partial charge in [0.05, 0.1) is 11.3 Å². The van der Waals surface area contributed by atoms with E-state index in [1.54, 1.807) is 18.3 Å². The SMILES string of the molecule is NCC1(CCc2cc(-c3cc4cn(-c5ccc(CNCCCN=C(N)N)cc5)c(=O)nc4[nH]3)cc(C(F)(F)F)c2)CC1. The van der Waals surface area contributed by atoms with Crippen molar-refractivity contribution in [1.82, 2.24) is 19.9 Å². The average molecular weight is 581 g/mol. The first-order chi connectivity index (χ1) is 20.0. The summed E-state index contributed by atoms with van der Waals surface area (Å²) in [7, 11) is 0. The van der Waals surface area contributed by atoms with E-state index in [-0.39, 0.29) is 11.4 Å². The number of hydrogen-bond acceptors (Lipinski definition) is 5. The number of aromatic amines is 1. The van der Waals surface area contributed by atoms with Gasteiger partial charge in [-0.15, -0.1) is 0 Å². The molecule has 0 amide bonds. The molecule has 12 heteroatoms. The first-order valence-corrected chi connectivity index (χ1v) is 13.9. The van der Waals surface area contributed by atoms with Gasteiger partial charge < -0.3 is 27.5 Å². The zero-order chi connectivity index (χ0) is 29.9. The number of rotatable bonds is 12. The van der Waals surface area contributed by atoms with Gasteiger partial charge >= 0.3 is 11.9 Å². The van der Waals surface area contributed by atoms with Gasteiger partial charge in [-0.25, -0.2) is 4.79 Å². The molecule has 9 nitrogen and oxygen atoms in total. The number of H-pyrrole nitrogens is 1. The summed E-state index contributed by atoms with van der Waals surface area (Å²) in [5.74, 6) is 0.0782. The lowest BCUT2D eigenvalue weighted by atomic mass is 9.94. The zero-order valence-electron chi connectivity index (χ0n) is 23.2. The van der Waals surface area contributed by atoms with Crippen molar-refractivity contribution in [1.29, 1.82) is 0 Å². The molecular formula is C30H35F3N8O. The van der Waals surface area contributed by atoms with Crippen molar-refractivity contribution in [3.63, 3.8) is 0 Å². The normalized spacial score (nSPS) is 14.3. The van der Waals surface area contributed by atoms with Gasteiger partial charge in [0.2, 0.25) is 0 Å². The van der Waals surface area contributed by atoms with E-state index in [2.05, 4.69) is 20.3 Å². The third-order valence-corrected chi connectivity index (χ3v) is 7.82. The summed E-state index contributed by atoms with van der Waals surface area (Å²) in [6.45, 7) is 2.49. The third-order valence-electron chi connectivity index (χ3n) is 7.82. The molecule has 0 bridgehead atoms. The lowest BCUT2D eigenvalue weighted by molar-refractivity contribution is -0.137. The molecule has 1 saturated carbocycles. The number of hydrogen-bond donors (Lipinski definition) is 5. The van der Waals surface area contributed by atoms with Crippen LogP contribution >= 0.6 is 0 Å². The topological polar surface area (TPSA) is 153 Å². The quantitative estimate of drug-likeness (QED) is 0.0976. The fraction of sp³-hybridized carbons (Fsp3) is 0.367. The zero-order valence-corrected chi connectivity index (χ0v) is 23.2. The van der Waals surface area contributed by atoms with Gasteiger partial charge in [-0.2, -0.15) is 18.2 Å². The minimum Gasteiger partial charge on any atom is -0.370 e. The monoisotopic (exact) mass is 580 g/mol. The van der Waals surface area contributed by atoms with Crippen molar-refractivity contribution in [2.24, 2.45) is 27.6 Å². The predicted molar refractivity (Wildman–Crippen MR) is 158 cm³/mol. The summed E-state index contributed by atoms with van der Waals surface area (Å²) in [5.41, 5.74) is 18.8.